The van der Waals surface area contributed by atoms with E-state index in [1.54, 1.807) is 23.1 Å². The molecule has 1 aliphatic heterocycles. The van der Waals surface area contributed by atoms with Gasteiger partial charge in [0.25, 0.3) is 0 Å². The van der Waals surface area contributed by atoms with Gasteiger partial charge in [-0.25, -0.2) is 4.98 Å². The van der Waals surface area contributed by atoms with Crippen molar-refractivity contribution in [1.82, 2.24) is 9.88 Å². The number of hydrogen-bond acceptors (Lipinski definition) is 5. The first-order valence-electron chi connectivity index (χ1n) is 9.56. The van der Waals surface area contributed by atoms with E-state index in [-0.39, 0.29) is 5.91 Å². The van der Waals surface area contributed by atoms with E-state index >= 15 is 0 Å². The molecule has 1 saturated heterocycles. The van der Waals surface area contributed by atoms with E-state index in [2.05, 4.69) is 4.90 Å². The van der Waals surface area contributed by atoms with Crippen LogP contribution in [0.3, 0.4) is 0 Å². The second kappa shape index (κ2) is 9.56. The van der Waals surface area contributed by atoms with Crippen LogP contribution < -0.4 is 4.90 Å². The number of halogens is 2. The number of benzene rings is 2. The average Bonchev–Trinajstić information content (AvgIpc) is 3.15. The van der Waals surface area contributed by atoms with Crippen molar-refractivity contribution in [2.75, 3.05) is 36.8 Å². The first-order chi connectivity index (χ1) is 14.1. The Hall–Kier alpha value is -1.47. The van der Waals surface area contributed by atoms with Crippen LogP contribution >= 0.6 is 46.3 Å². The maximum Gasteiger partial charge on any atom is 0.222 e. The molecule has 0 aliphatic carbocycles. The first kappa shape index (κ1) is 20.8. The van der Waals surface area contributed by atoms with Crippen molar-refractivity contribution in [2.45, 2.75) is 17.7 Å². The van der Waals surface area contributed by atoms with Gasteiger partial charge < -0.3 is 9.80 Å². The van der Waals surface area contributed by atoms with Crippen molar-refractivity contribution in [1.29, 1.82) is 0 Å². The van der Waals surface area contributed by atoms with Crippen LogP contribution in [0.5, 0.6) is 0 Å². The van der Waals surface area contributed by atoms with Crippen LogP contribution in [0.1, 0.15) is 12.8 Å². The molecule has 1 aliphatic rings. The summed E-state index contributed by atoms with van der Waals surface area (Å²) in [5.41, 5.74) is 0.978. The van der Waals surface area contributed by atoms with E-state index in [0.717, 1.165) is 63.7 Å². The lowest BCUT2D eigenvalue weighted by atomic mass is 10.2. The summed E-state index contributed by atoms with van der Waals surface area (Å²) >= 11 is 15.4. The van der Waals surface area contributed by atoms with E-state index < -0.39 is 0 Å². The number of anilines is 1. The summed E-state index contributed by atoms with van der Waals surface area (Å²) in [5.74, 6) is 1.18. The molecule has 0 N–H and O–H groups in total. The van der Waals surface area contributed by atoms with Gasteiger partial charge in [0.1, 0.15) is 0 Å². The van der Waals surface area contributed by atoms with E-state index in [0.29, 0.717) is 6.42 Å². The van der Waals surface area contributed by atoms with Crippen molar-refractivity contribution in [3.05, 3.63) is 52.5 Å². The number of fused-ring (bicyclic) bond motifs is 1. The average molecular weight is 466 g/mol. The van der Waals surface area contributed by atoms with Crippen molar-refractivity contribution in [3.8, 4) is 0 Å². The fourth-order valence-corrected chi connectivity index (χ4v) is 5.54. The van der Waals surface area contributed by atoms with Crippen molar-refractivity contribution in [2.24, 2.45) is 0 Å². The molecule has 29 heavy (non-hydrogen) atoms. The minimum atomic E-state index is 0.248. The van der Waals surface area contributed by atoms with Crippen molar-refractivity contribution in [3.63, 3.8) is 0 Å². The molecular formula is C21H21Cl2N3OS2. The van der Waals surface area contributed by atoms with Crippen LogP contribution in [0.25, 0.3) is 10.2 Å². The lowest BCUT2D eigenvalue weighted by Crippen LogP contribution is -2.48. The number of hydrogen-bond donors (Lipinski definition) is 0. The van der Waals surface area contributed by atoms with Crippen LogP contribution in [0.2, 0.25) is 10.0 Å². The summed E-state index contributed by atoms with van der Waals surface area (Å²) in [7, 11) is 0. The summed E-state index contributed by atoms with van der Waals surface area (Å²) in [6.07, 6.45) is 1.48. The summed E-state index contributed by atoms with van der Waals surface area (Å²) in [6, 6.07) is 13.6. The van der Waals surface area contributed by atoms with Gasteiger partial charge in [-0.15, -0.1) is 11.8 Å². The molecule has 0 saturated carbocycles. The molecule has 1 aromatic heterocycles. The molecule has 1 amide bonds. The Bertz CT molecular complexity index is 985. The van der Waals surface area contributed by atoms with Gasteiger partial charge in [0.05, 0.1) is 10.2 Å². The summed E-state index contributed by atoms with van der Waals surface area (Å²) in [4.78, 5) is 22.7. The molecule has 4 rings (SSSR count). The van der Waals surface area contributed by atoms with Gasteiger partial charge in [0, 0.05) is 47.5 Å². The molecule has 1 fully saturated rings. The maximum atomic E-state index is 12.5. The topological polar surface area (TPSA) is 36.4 Å². The fourth-order valence-electron chi connectivity index (χ4n) is 3.27. The van der Waals surface area contributed by atoms with Crippen LogP contribution in [-0.4, -0.2) is 47.7 Å². The first-order valence-corrected chi connectivity index (χ1v) is 12.1. The van der Waals surface area contributed by atoms with Crippen LogP contribution in [0.4, 0.5) is 5.13 Å². The summed E-state index contributed by atoms with van der Waals surface area (Å²) in [5, 5.41) is 2.49. The van der Waals surface area contributed by atoms with Gasteiger partial charge in [-0.3, -0.25) is 4.79 Å². The molecule has 0 spiro atoms. The number of rotatable bonds is 6. The van der Waals surface area contributed by atoms with Crippen LogP contribution in [0, 0.1) is 0 Å². The number of piperazine rings is 1. The second-order valence-corrected chi connectivity index (χ2v) is 9.93. The normalized spacial score (nSPS) is 14.6. The van der Waals surface area contributed by atoms with Gasteiger partial charge in [-0.1, -0.05) is 34.5 Å². The Morgan fingerprint density at radius 2 is 1.76 bits per heavy atom. The highest BCUT2D eigenvalue weighted by molar-refractivity contribution is 7.99. The highest BCUT2D eigenvalue weighted by Crippen LogP contribution is 2.31. The maximum absolute atomic E-state index is 12.5. The lowest BCUT2D eigenvalue weighted by Gasteiger charge is -2.34. The zero-order valence-electron chi connectivity index (χ0n) is 15.8. The van der Waals surface area contributed by atoms with E-state index in [1.807, 2.05) is 47.4 Å². The number of carbonyl (C=O) groups is 1. The predicted octanol–water partition coefficient (Wildman–Crippen LogP) is 5.82. The molecule has 0 atom stereocenters. The number of carbonyl (C=O) groups excluding carboxylic acids is 1. The number of nitrogens with zero attached hydrogens (tertiary/aromatic N) is 3. The molecule has 8 heteroatoms. The number of amides is 1. The third-order valence-electron chi connectivity index (χ3n) is 4.86. The molecule has 0 radical (unpaired) electrons. The molecule has 0 bridgehead atoms. The summed E-state index contributed by atoms with van der Waals surface area (Å²) < 4.78 is 1.10. The molecule has 0 unspecified atom stereocenters. The SMILES string of the molecule is O=C(CCCSc1ccc(Cl)cc1)N1CCN(c2nc3ccc(Cl)cc3s2)CC1. The van der Waals surface area contributed by atoms with E-state index in [9.17, 15) is 4.79 Å². The van der Waals surface area contributed by atoms with Gasteiger partial charge in [-0.05, 0) is 54.6 Å². The van der Waals surface area contributed by atoms with Gasteiger partial charge in [0.15, 0.2) is 5.13 Å². The van der Waals surface area contributed by atoms with Gasteiger partial charge in [0.2, 0.25) is 5.91 Å². The monoisotopic (exact) mass is 465 g/mol. The zero-order chi connectivity index (χ0) is 20.2. The highest BCUT2D eigenvalue weighted by atomic mass is 35.5. The minimum Gasteiger partial charge on any atom is -0.345 e. The van der Waals surface area contributed by atoms with Crippen LogP contribution in [0.15, 0.2) is 47.4 Å². The third-order valence-corrected chi connectivity index (χ3v) is 7.52. The van der Waals surface area contributed by atoms with Crippen LogP contribution in [-0.2, 0) is 4.79 Å². The second-order valence-electron chi connectivity index (χ2n) is 6.88. The Kier molecular flexibility index (Phi) is 6.85. The molecule has 2 aromatic carbocycles. The third kappa shape index (κ3) is 5.37. The Morgan fingerprint density at radius 1 is 1.03 bits per heavy atom. The Balaban J connectivity index is 1.22. The number of thiazole rings is 1. The highest BCUT2D eigenvalue weighted by Gasteiger charge is 2.22. The van der Waals surface area contributed by atoms with Gasteiger partial charge in [-0.2, -0.15) is 0 Å². The fraction of sp³-hybridized carbons (Fsp3) is 0.333. The molecule has 4 nitrogen and oxygen atoms in total. The Morgan fingerprint density at radius 3 is 2.52 bits per heavy atom. The molecular weight excluding hydrogens is 445 g/mol. The zero-order valence-corrected chi connectivity index (χ0v) is 19.0. The quantitative estimate of drug-likeness (QED) is 0.339. The standard InChI is InChI=1S/C21H21Cl2N3OS2/c22-15-3-6-17(7-4-15)28-13-1-2-20(27)25-9-11-26(12-10-25)21-24-18-8-5-16(23)14-19(18)29-21/h3-8,14H,1-2,9-13H2. The number of thioether (sulfide) groups is 1. The van der Waals surface area contributed by atoms with E-state index in [1.165, 1.54) is 4.90 Å². The largest absolute Gasteiger partial charge is 0.345 e. The Labute approximate surface area is 188 Å². The van der Waals surface area contributed by atoms with Crippen molar-refractivity contribution < 1.29 is 4.79 Å². The minimum absolute atomic E-state index is 0.248. The smallest absolute Gasteiger partial charge is 0.222 e. The molecule has 2 heterocycles. The lowest BCUT2D eigenvalue weighted by molar-refractivity contribution is -0.131. The molecule has 3 aromatic rings. The predicted molar refractivity (Wildman–Crippen MR) is 125 cm³/mol. The molecule has 152 valence electrons. The number of aromatic nitrogens is 1. The van der Waals surface area contributed by atoms with E-state index in [4.69, 9.17) is 28.2 Å². The summed E-state index contributed by atoms with van der Waals surface area (Å²) in [6.45, 7) is 3.14. The van der Waals surface area contributed by atoms with Gasteiger partial charge >= 0.3 is 0 Å². The van der Waals surface area contributed by atoms with Crippen molar-refractivity contribution >= 4 is 67.6 Å².